The third-order valence-electron chi connectivity index (χ3n) is 5.49. The highest BCUT2D eigenvalue weighted by atomic mass is 79.9. The maximum absolute atomic E-state index is 13.7. The molecule has 7 heteroatoms. The van der Waals surface area contributed by atoms with E-state index in [4.69, 9.17) is 4.74 Å². The summed E-state index contributed by atoms with van der Waals surface area (Å²) >= 11 is 3.45. The number of pyridine rings is 1. The number of rotatable bonds is 4. The van der Waals surface area contributed by atoms with E-state index in [1.54, 1.807) is 36.2 Å². The number of hydrogen-bond acceptors (Lipinski definition) is 4. The Morgan fingerprint density at radius 3 is 2.50 bits per heavy atom. The highest BCUT2D eigenvalue weighted by Gasteiger charge is 2.17. The van der Waals surface area contributed by atoms with E-state index in [9.17, 15) is 9.59 Å². The summed E-state index contributed by atoms with van der Waals surface area (Å²) < 4.78 is 8.83. The lowest BCUT2D eigenvalue weighted by molar-refractivity contribution is 0.414. The molecular weight excluding hydrogens is 470 g/mol. The molecule has 0 radical (unpaired) electrons. The van der Waals surface area contributed by atoms with Crippen LogP contribution in [0.15, 0.2) is 93.2 Å². The van der Waals surface area contributed by atoms with Crippen LogP contribution in [0.2, 0.25) is 0 Å². The van der Waals surface area contributed by atoms with Gasteiger partial charge in [-0.3, -0.25) is 14.3 Å². The standard InChI is InChI=1S/C25H18BrN3O3/c1-32-19-9-6-16(7-10-19)15-28-22-11-8-18(26)12-21(22)24(30)29(25(28)31)23-14-27-13-17-4-2-3-5-20(17)23/h2-14H,15H2,1H3. The molecule has 5 rings (SSSR count). The Labute approximate surface area is 191 Å². The molecule has 0 N–H and O–H groups in total. The molecule has 2 aromatic heterocycles. The fourth-order valence-electron chi connectivity index (χ4n) is 3.90. The molecule has 0 amide bonds. The summed E-state index contributed by atoms with van der Waals surface area (Å²) in [5, 5.41) is 2.08. The molecule has 0 aliphatic carbocycles. The predicted molar refractivity (Wildman–Crippen MR) is 129 cm³/mol. The van der Waals surface area contributed by atoms with Gasteiger partial charge in [0.05, 0.1) is 36.4 Å². The first-order valence-electron chi connectivity index (χ1n) is 9.98. The number of ether oxygens (including phenoxy) is 1. The summed E-state index contributed by atoms with van der Waals surface area (Å²) in [6, 6.07) is 20.5. The summed E-state index contributed by atoms with van der Waals surface area (Å²) in [5.41, 5.74) is 1.15. The maximum Gasteiger partial charge on any atom is 0.336 e. The van der Waals surface area contributed by atoms with Gasteiger partial charge in [-0.15, -0.1) is 0 Å². The van der Waals surface area contributed by atoms with Gasteiger partial charge >= 0.3 is 5.69 Å². The van der Waals surface area contributed by atoms with Crippen molar-refractivity contribution in [2.45, 2.75) is 6.54 Å². The number of halogens is 1. The fourth-order valence-corrected chi connectivity index (χ4v) is 4.26. The molecule has 5 aromatic rings. The van der Waals surface area contributed by atoms with Crippen LogP contribution < -0.4 is 16.0 Å². The molecule has 32 heavy (non-hydrogen) atoms. The van der Waals surface area contributed by atoms with Crippen LogP contribution in [0.25, 0.3) is 27.4 Å². The van der Waals surface area contributed by atoms with Crippen LogP contribution >= 0.6 is 15.9 Å². The van der Waals surface area contributed by atoms with Gasteiger partial charge < -0.3 is 4.74 Å². The Bertz CT molecular complexity index is 1580. The molecular formula is C25H18BrN3O3. The van der Waals surface area contributed by atoms with Gasteiger partial charge in [-0.2, -0.15) is 0 Å². The Hall–Kier alpha value is -3.71. The van der Waals surface area contributed by atoms with Crippen molar-refractivity contribution in [1.82, 2.24) is 14.1 Å². The Balaban J connectivity index is 1.82. The van der Waals surface area contributed by atoms with Crippen LogP contribution in [0.3, 0.4) is 0 Å². The molecule has 0 spiro atoms. The van der Waals surface area contributed by atoms with Crippen molar-refractivity contribution in [3.05, 3.63) is 110 Å². The largest absolute Gasteiger partial charge is 0.497 e. The first kappa shape index (κ1) is 20.2. The summed E-state index contributed by atoms with van der Waals surface area (Å²) in [4.78, 5) is 31.5. The van der Waals surface area contributed by atoms with E-state index in [1.165, 1.54) is 4.57 Å². The highest BCUT2D eigenvalue weighted by molar-refractivity contribution is 9.10. The summed E-state index contributed by atoms with van der Waals surface area (Å²) in [6.07, 6.45) is 3.28. The molecule has 0 unspecified atom stereocenters. The lowest BCUT2D eigenvalue weighted by Gasteiger charge is -2.16. The summed E-state index contributed by atoms with van der Waals surface area (Å²) in [5.74, 6) is 0.738. The van der Waals surface area contributed by atoms with Crippen LogP contribution in [-0.4, -0.2) is 21.2 Å². The van der Waals surface area contributed by atoms with Gasteiger partial charge in [0, 0.05) is 21.4 Å². The SMILES string of the molecule is COc1ccc(Cn2c(=O)n(-c3cncc4ccccc34)c(=O)c3cc(Br)ccc32)cc1. The topological polar surface area (TPSA) is 66.1 Å². The quantitative estimate of drug-likeness (QED) is 0.373. The van der Waals surface area contributed by atoms with E-state index in [-0.39, 0.29) is 5.56 Å². The van der Waals surface area contributed by atoms with Crippen molar-refractivity contribution in [3.63, 3.8) is 0 Å². The highest BCUT2D eigenvalue weighted by Crippen LogP contribution is 2.22. The van der Waals surface area contributed by atoms with Crippen LogP contribution in [0.1, 0.15) is 5.56 Å². The van der Waals surface area contributed by atoms with Crippen LogP contribution in [0, 0.1) is 0 Å². The van der Waals surface area contributed by atoms with Crippen molar-refractivity contribution in [2.24, 2.45) is 0 Å². The molecule has 0 aliphatic rings. The smallest absolute Gasteiger partial charge is 0.336 e. The van der Waals surface area contributed by atoms with Gasteiger partial charge in [0.15, 0.2) is 0 Å². The van der Waals surface area contributed by atoms with E-state index in [1.807, 2.05) is 54.6 Å². The average molecular weight is 488 g/mol. The Morgan fingerprint density at radius 1 is 0.938 bits per heavy atom. The van der Waals surface area contributed by atoms with Gasteiger partial charge in [-0.25, -0.2) is 9.36 Å². The molecule has 0 bridgehead atoms. The zero-order valence-electron chi connectivity index (χ0n) is 17.2. The molecule has 0 fully saturated rings. The summed E-state index contributed by atoms with van der Waals surface area (Å²) in [6.45, 7) is 0.305. The molecule has 0 atom stereocenters. The van der Waals surface area contributed by atoms with Crippen molar-refractivity contribution < 1.29 is 4.74 Å². The number of fused-ring (bicyclic) bond motifs is 2. The molecule has 158 valence electrons. The van der Waals surface area contributed by atoms with Gasteiger partial charge in [-0.05, 0) is 35.9 Å². The zero-order chi connectivity index (χ0) is 22.2. The predicted octanol–water partition coefficient (Wildman–Crippen LogP) is 4.52. The monoisotopic (exact) mass is 487 g/mol. The normalized spacial score (nSPS) is 11.2. The van der Waals surface area contributed by atoms with Crippen LogP contribution in [0.5, 0.6) is 5.75 Å². The van der Waals surface area contributed by atoms with E-state index >= 15 is 0 Å². The second-order valence-corrected chi connectivity index (χ2v) is 8.31. The third kappa shape index (κ3) is 3.40. The van der Waals surface area contributed by atoms with Gasteiger partial charge in [0.25, 0.3) is 5.56 Å². The second-order valence-electron chi connectivity index (χ2n) is 7.40. The molecule has 0 saturated heterocycles. The number of methoxy groups -OCH3 is 1. The van der Waals surface area contributed by atoms with E-state index in [0.717, 1.165) is 26.6 Å². The fraction of sp³-hybridized carbons (Fsp3) is 0.0800. The molecule has 6 nitrogen and oxygen atoms in total. The number of aromatic nitrogens is 3. The Kier molecular flexibility index (Phi) is 5.11. The number of nitrogens with zero attached hydrogens (tertiary/aromatic N) is 3. The van der Waals surface area contributed by atoms with Crippen molar-refractivity contribution >= 4 is 37.6 Å². The minimum absolute atomic E-state index is 0.305. The molecule has 0 aliphatic heterocycles. The van der Waals surface area contributed by atoms with Gasteiger partial charge in [0.2, 0.25) is 0 Å². The first-order valence-corrected chi connectivity index (χ1v) is 10.8. The van der Waals surface area contributed by atoms with E-state index in [0.29, 0.717) is 23.1 Å². The number of hydrogen-bond donors (Lipinski definition) is 0. The minimum atomic E-state index is -0.418. The van der Waals surface area contributed by atoms with E-state index in [2.05, 4.69) is 20.9 Å². The van der Waals surface area contributed by atoms with Crippen LogP contribution in [0.4, 0.5) is 0 Å². The van der Waals surface area contributed by atoms with E-state index < -0.39 is 5.69 Å². The lowest BCUT2D eigenvalue weighted by Crippen LogP contribution is -2.39. The molecule has 0 saturated carbocycles. The zero-order valence-corrected chi connectivity index (χ0v) is 18.7. The molecule has 3 aromatic carbocycles. The minimum Gasteiger partial charge on any atom is -0.497 e. The summed E-state index contributed by atoms with van der Waals surface area (Å²) in [7, 11) is 1.61. The van der Waals surface area contributed by atoms with Crippen molar-refractivity contribution in [2.75, 3.05) is 7.11 Å². The van der Waals surface area contributed by atoms with Crippen LogP contribution in [-0.2, 0) is 6.54 Å². The van der Waals surface area contributed by atoms with Crippen molar-refractivity contribution in [3.8, 4) is 11.4 Å². The second kappa shape index (κ2) is 8.09. The lowest BCUT2D eigenvalue weighted by atomic mass is 10.1. The average Bonchev–Trinajstić information content (AvgIpc) is 2.82. The molecule has 2 heterocycles. The number of benzene rings is 3. The first-order chi connectivity index (χ1) is 15.6. The Morgan fingerprint density at radius 2 is 1.72 bits per heavy atom. The van der Waals surface area contributed by atoms with Gasteiger partial charge in [0.1, 0.15) is 5.75 Å². The maximum atomic E-state index is 13.7. The van der Waals surface area contributed by atoms with Crippen molar-refractivity contribution in [1.29, 1.82) is 0 Å². The third-order valence-corrected chi connectivity index (χ3v) is 5.99. The van der Waals surface area contributed by atoms with Gasteiger partial charge in [-0.1, -0.05) is 52.3 Å².